The molecule has 0 saturated heterocycles. The van der Waals surface area contributed by atoms with E-state index in [1.54, 1.807) is 31.2 Å². The molecule has 1 aliphatic carbocycles. The lowest BCUT2D eigenvalue weighted by atomic mass is 10.1. The zero-order valence-corrected chi connectivity index (χ0v) is 17.3. The number of ether oxygens (including phenoxy) is 1. The van der Waals surface area contributed by atoms with Crippen LogP contribution in [0.3, 0.4) is 0 Å². The third kappa shape index (κ3) is 5.46. The second-order valence-corrected chi connectivity index (χ2v) is 7.70. The number of halogens is 4. The molecule has 1 heterocycles. The van der Waals surface area contributed by atoms with E-state index in [9.17, 15) is 17.6 Å². The Labute approximate surface area is 182 Å². The monoisotopic (exact) mass is 446 g/mol. The second kappa shape index (κ2) is 9.02. The van der Waals surface area contributed by atoms with E-state index >= 15 is 0 Å². The Bertz CT molecular complexity index is 1100. The maximum atomic E-state index is 14.0. The van der Waals surface area contributed by atoms with Crippen LogP contribution >= 0.6 is 0 Å². The summed E-state index contributed by atoms with van der Waals surface area (Å²) in [6.07, 6.45) is -0.576. The Kier molecular flexibility index (Phi) is 6.16. The zero-order chi connectivity index (χ0) is 22.7. The Balaban J connectivity index is 1.70. The molecule has 1 aliphatic rings. The Morgan fingerprint density at radius 2 is 1.75 bits per heavy atom. The summed E-state index contributed by atoms with van der Waals surface area (Å²) in [6, 6.07) is 12.1. The summed E-state index contributed by atoms with van der Waals surface area (Å²) in [6.45, 7) is 1.65. The van der Waals surface area contributed by atoms with E-state index in [2.05, 4.69) is 25.3 Å². The molecule has 32 heavy (non-hydrogen) atoms. The van der Waals surface area contributed by atoms with Gasteiger partial charge in [0.25, 0.3) is 0 Å². The molecule has 5 nitrogen and oxygen atoms in total. The number of anilines is 3. The van der Waals surface area contributed by atoms with Gasteiger partial charge in [0.1, 0.15) is 17.4 Å². The van der Waals surface area contributed by atoms with Gasteiger partial charge in [-0.1, -0.05) is 31.0 Å². The molecule has 2 N–H and O–H groups in total. The SMILES string of the molecule is Cc1c(F)cccc1Nc1cc(-c2cccc(OC(F)(F)F)c2)nc(NC2CCCC2)n1. The quantitative estimate of drug-likeness (QED) is 0.419. The van der Waals surface area contributed by atoms with Crippen molar-refractivity contribution in [2.75, 3.05) is 10.6 Å². The number of aromatic nitrogens is 2. The molecule has 0 spiro atoms. The molecular formula is C23H22F4N4O. The van der Waals surface area contributed by atoms with Gasteiger partial charge in [-0.2, -0.15) is 4.98 Å². The minimum atomic E-state index is -4.79. The van der Waals surface area contributed by atoms with Gasteiger partial charge in [-0.05, 0) is 44.0 Å². The van der Waals surface area contributed by atoms with Crippen LogP contribution in [0.4, 0.5) is 35.0 Å². The maximum absolute atomic E-state index is 14.0. The normalized spacial score (nSPS) is 14.4. The van der Waals surface area contributed by atoms with E-state index in [1.807, 2.05) is 0 Å². The van der Waals surface area contributed by atoms with Gasteiger partial charge in [-0.25, -0.2) is 9.37 Å². The molecule has 4 rings (SSSR count). The minimum absolute atomic E-state index is 0.230. The number of benzene rings is 2. The fourth-order valence-electron chi connectivity index (χ4n) is 3.71. The molecule has 2 aromatic carbocycles. The number of nitrogens with one attached hydrogen (secondary N) is 2. The van der Waals surface area contributed by atoms with E-state index in [4.69, 9.17) is 0 Å². The highest BCUT2D eigenvalue weighted by molar-refractivity contribution is 5.69. The molecule has 0 aliphatic heterocycles. The smallest absolute Gasteiger partial charge is 0.406 e. The van der Waals surface area contributed by atoms with E-state index < -0.39 is 6.36 Å². The minimum Gasteiger partial charge on any atom is -0.406 e. The molecule has 1 saturated carbocycles. The first-order chi connectivity index (χ1) is 15.3. The van der Waals surface area contributed by atoms with Crippen LogP contribution in [0.15, 0.2) is 48.5 Å². The van der Waals surface area contributed by atoms with Crippen LogP contribution < -0.4 is 15.4 Å². The van der Waals surface area contributed by atoms with Gasteiger partial charge in [0.2, 0.25) is 5.95 Å². The van der Waals surface area contributed by atoms with Crippen LogP contribution in [0.1, 0.15) is 31.2 Å². The summed E-state index contributed by atoms with van der Waals surface area (Å²) in [5.41, 5.74) is 1.81. The van der Waals surface area contributed by atoms with Crippen molar-refractivity contribution in [2.45, 2.75) is 45.0 Å². The predicted octanol–water partition coefficient (Wildman–Crippen LogP) is 6.59. The van der Waals surface area contributed by atoms with Crippen molar-refractivity contribution in [1.82, 2.24) is 9.97 Å². The molecule has 0 radical (unpaired) electrons. The van der Waals surface area contributed by atoms with Crippen molar-refractivity contribution in [3.63, 3.8) is 0 Å². The first-order valence-electron chi connectivity index (χ1n) is 10.3. The van der Waals surface area contributed by atoms with Gasteiger partial charge in [-0.15, -0.1) is 13.2 Å². The number of hydrogen-bond acceptors (Lipinski definition) is 5. The van der Waals surface area contributed by atoms with Crippen LogP contribution in [0, 0.1) is 12.7 Å². The van der Waals surface area contributed by atoms with Gasteiger partial charge >= 0.3 is 6.36 Å². The maximum Gasteiger partial charge on any atom is 0.573 e. The molecule has 0 bridgehead atoms. The van der Waals surface area contributed by atoms with Gasteiger partial charge in [0.15, 0.2) is 0 Å². The number of nitrogens with zero attached hydrogens (tertiary/aromatic N) is 2. The molecule has 168 valence electrons. The molecule has 3 aromatic rings. The summed E-state index contributed by atoms with van der Waals surface area (Å²) in [5, 5.41) is 6.41. The van der Waals surface area contributed by atoms with Crippen molar-refractivity contribution >= 4 is 17.5 Å². The van der Waals surface area contributed by atoms with Crippen molar-refractivity contribution in [1.29, 1.82) is 0 Å². The number of alkyl halides is 3. The molecule has 1 fully saturated rings. The number of rotatable bonds is 6. The van der Waals surface area contributed by atoms with Crippen molar-refractivity contribution in [3.8, 4) is 17.0 Å². The van der Waals surface area contributed by atoms with Gasteiger partial charge in [0.05, 0.1) is 5.69 Å². The topological polar surface area (TPSA) is 59.1 Å². The van der Waals surface area contributed by atoms with Gasteiger partial charge in [0, 0.05) is 28.9 Å². The summed E-state index contributed by atoms with van der Waals surface area (Å²) in [5.74, 6) is 0.0550. The van der Waals surface area contributed by atoms with Crippen molar-refractivity contribution in [2.24, 2.45) is 0 Å². The predicted molar refractivity (Wildman–Crippen MR) is 114 cm³/mol. The van der Waals surface area contributed by atoms with Crippen LogP contribution in [0.25, 0.3) is 11.3 Å². The lowest BCUT2D eigenvalue weighted by molar-refractivity contribution is -0.274. The highest BCUT2D eigenvalue weighted by Crippen LogP contribution is 2.31. The molecule has 0 amide bonds. The van der Waals surface area contributed by atoms with Crippen LogP contribution in [0.2, 0.25) is 0 Å². The highest BCUT2D eigenvalue weighted by Gasteiger charge is 2.31. The van der Waals surface area contributed by atoms with E-state index in [0.29, 0.717) is 34.3 Å². The van der Waals surface area contributed by atoms with Gasteiger partial charge < -0.3 is 15.4 Å². The lowest BCUT2D eigenvalue weighted by Gasteiger charge is -2.16. The van der Waals surface area contributed by atoms with E-state index in [1.165, 1.54) is 24.3 Å². The Morgan fingerprint density at radius 3 is 2.50 bits per heavy atom. The van der Waals surface area contributed by atoms with Gasteiger partial charge in [-0.3, -0.25) is 0 Å². The summed E-state index contributed by atoms with van der Waals surface area (Å²) < 4.78 is 55.9. The fraction of sp³-hybridized carbons (Fsp3) is 0.304. The van der Waals surface area contributed by atoms with E-state index in [0.717, 1.165) is 25.7 Å². The third-order valence-corrected chi connectivity index (χ3v) is 5.31. The summed E-state index contributed by atoms with van der Waals surface area (Å²) in [4.78, 5) is 9.02. The summed E-state index contributed by atoms with van der Waals surface area (Å²) in [7, 11) is 0. The second-order valence-electron chi connectivity index (χ2n) is 7.70. The van der Waals surface area contributed by atoms with E-state index in [-0.39, 0.29) is 17.6 Å². The zero-order valence-electron chi connectivity index (χ0n) is 17.3. The van der Waals surface area contributed by atoms with Crippen molar-refractivity contribution in [3.05, 3.63) is 59.9 Å². The Morgan fingerprint density at radius 1 is 1.00 bits per heavy atom. The average molecular weight is 446 g/mol. The van der Waals surface area contributed by atoms with Crippen LogP contribution in [-0.4, -0.2) is 22.4 Å². The average Bonchev–Trinajstić information content (AvgIpc) is 3.23. The standard InChI is InChI=1S/C23H22F4N4O/c1-14-18(24)10-5-11-19(14)29-21-13-20(30-22(31-21)28-16-7-2-3-8-16)15-6-4-9-17(12-15)32-23(25,26)27/h4-6,9-13,16H,2-3,7-8H2,1H3,(H2,28,29,30,31). The molecular weight excluding hydrogens is 424 g/mol. The molecule has 0 unspecified atom stereocenters. The lowest BCUT2D eigenvalue weighted by Crippen LogP contribution is -2.17. The number of hydrogen-bond donors (Lipinski definition) is 2. The third-order valence-electron chi connectivity index (χ3n) is 5.31. The summed E-state index contributed by atoms with van der Waals surface area (Å²) >= 11 is 0. The fourth-order valence-corrected chi connectivity index (χ4v) is 3.71. The van der Waals surface area contributed by atoms with Crippen LogP contribution in [-0.2, 0) is 0 Å². The van der Waals surface area contributed by atoms with Crippen LogP contribution in [0.5, 0.6) is 5.75 Å². The highest BCUT2D eigenvalue weighted by atomic mass is 19.4. The first-order valence-corrected chi connectivity index (χ1v) is 10.3. The molecule has 1 aromatic heterocycles. The molecule has 9 heteroatoms. The molecule has 0 atom stereocenters. The van der Waals surface area contributed by atoms with Crippen molar-refractivity contribution < 1.29 is 22.3 Å². The largest absolute Gasteiger partial charge is 0.573 e. The first kappa shape index (κ1) is 21.9. The Hall–Kier alpha value is -3.36.